The minimum atomic E-state index is -1.67. The Morgan fingerprint density at radius 3 is 2.32 bits per heavy atom. The van der Waals surface area contributed by atoms with E-state index in [9.17, 15) is 15.0 Å². The molecule has 1 atom stereocenters. The average molecular weight is 455 g/mol. The minimum absolute atomic E-state index is 0.129. The van der Waals surface area contributed by atoms with Crippen molar-refractivity contribution < 1.29 is 15.0 Å². The predicted molar refractivity (Wildman–Crippen MR) is 132 cm³/mol. The molecule has 3 aromatic carbocycles. The second kappa shape index (κ2) is 8.85. The van der Waals surface area contributed by atoms with Gasteiger partial charge < -0.3 is 15.1 Å². The number of piperazine rings is 1. The normalized spacial score (nSPS) is 16.4. The Bertz CT molecular complexity index is 1340. The van der Waals surface area contributed by atoms with Gasteiger partial charge in [0.25, 0.3) is 0 Å². The van der Waals surface area contributed by atoms with Crippen LogP contribution in [0.3, 0.4) is 0 Å². The van der Waals surface area contributed by atoms with Gasteiger partial charge in [-0.3, -0.25) is 9.69 Å². The van der Waals surface area contributed by atoms with Crippen molar-refractivity contribution in [1.82, 2.24) is 14.9 Å². The van der Waals surface area contributed by atoms with E-state index in [-0.39, 0.29) is 5.75 Å². The molecule has 0 saturated carbocycles. The first-order valence-electron chi connectivity index (χ1n) is 11.3. The first-order chi connectivity index (χ1) is 16.5. The van der Waals surface area contributed by atoms with Crippen molar-refractivity contribution in [2.24, 2.45) is 0 Å². The maximum Gasteiger partial charge on any atom is 0.202 e. The number of nitrogens with zero attached hydrogens (tertiary/aromatic N) is 4. The highest BCUT2D eigenvalue weighted by Crippen LogP contribution is 2.33. The molecule has 34 heavy (non-hydrogen) atoms. The summed E-state index contributed by atoms with van der Waals surface area (Å²) in [6.07, 6.45) is 0.608. The van der Waals surface area contributed by atoms with Gasteiger partial charge in [0.2, 0.25) is 5.72 Å². The van der Waals surface area contributed by atoms with Gasteiger partial charge in [-0.05, 0) is 36.8 Å². The number of aldehydes is 1. The molecule has 1 saturated heterocycles. The van der Waals surface area contributed by atoms with Gasteiger partial charge in [0.15, 0.2) is 12.1 Å². The maximum atomic E-state index is 12.0. The lowest BCUT2D eigenvalue weighted by Gasteiger charge is -2.42. The van der Waals surface area contributed by atoms with Crippen LogP contribution in [0.5, 0.6) is 5.75 Å². The monoisotopic (exact) mass is 454 g/mol. The first kappa shape index (κ1) is 22.0. The lowest BCUT2D eigenvalue weighted by molar-refractivity contribution is -0.151. The molecule has 1 aromatic heterocycles. The summed E-state index contributed by atoms with van der Waals surface area (Å²) in [7, 11) is 0. The third kappa shape index (κ3) is 3.89. The van der Waals surface area contributed by atoms with Crippen molar-refractivity contribution in [3.63, 3.8) is 0 Å². The largest absolute Gasteiger partial charge is 0.507 e. The standard InChI is InChI=1S/C27H26N4O3/c1-19-11-12-21-23(17-19)28-25(22-9-5-6-10-24(22)33)29-26(21)30-13-15-31(16-14-30)27(34,18-32)20-7-3-2-4-8-20/h2-12,17-18,33-34H,13-16H2,1H3/t27-/m1/s1. The minimum Gasteiger partial charge on any atom is -0.507 e. The molecule has 0 amide bonds. The number of para-hydroxylation sites is 1. The summed E-state index contributed by atoms with van der Waals surface area (Å²) < 4.78 is 0. The molecular weight excluding hydrogens is 428 g/mol. The molecule has 0 spiro atoms. The van der Waals surface area contributed by atoms with Crippen LogP contribution in [0.1, 0.15) is 11.1 Å². The van der Waals surface area contributed by atoms with E-state index in [4.69, 9.17) is 9.97 Å². The van der Waals surface area contributed by atoms with Gasteiger partial charge in [-0.15, -0.1) is 0 Å². The number of carbonyl (C=O) groups is 1. The van der Waals surface area contributed by atoms with E-state index >= 15 is 0 Å². The van der Waals surface area contributed by atoms with E-state index in [1.54, 1.807) is 35.2 Å². The molecule has 2 heterocycles. The number of phenolic OH excluding ortho intramolecular Hbond substituents is 1. The molecule has 2 N–H and O–H groups in total. The molecule has 1 aliphatic heterocycles. The number of benzene rings is 3. The fraction of sp³-hybridized carbons (Fsp3) is 0.222. The predicted octanol–water partition coefficient (Wildman–Crippen LogP) is 3.48. The van der Waals surface area contributed by atoms with Crippen molar-refractivity contribution in [2.75, 3.05) is 31.1 Å². The van der Waals surface area contributed by atoms with Crippen molar-refractivity contribution in [3.8, 4) is 17.1 Å². The van der Waals surface area contributed by atoms with E-state index < -0.39 is 5.72 Å². The van der Waals surface area contributed by atoms with Crippen molar-refractivity contribution in [2.45, 2.75) is 12.6 Å². The van der Waals surface area contributed by atoms with Crippen LogP contribution in [0.2, 0.25) is 0 Å². The van der Waals surface area contributed by atoms with Crippen LogP contribution < -0.4 is 4.90 Å². The zero-order valence-electron chi connectivity index (χ0n) is 18.9. The quantitative estimate of drug-likeness (QED) is 0.446. The van der Waals surface area contributed by atoms with E-state index in [1.807, 2.05) is 49.4 Å². The third-order valence-corrected chi connectivity index (χ3v) is 6.40. The molecule has 7 nitrogen and oxygen atoms in total. The number of carbonyl (C=O) groups excluding carboxylic acids is 1. The zero-order valence-corrected chi connectivity index (χ0v) is 18.9. The maximum absolute atomic E-state index is 12.0. The first-order valence-corrected chi connectivity index (χ1v) is 11.3. The fourth-order valence-corrected chi connectivity index (χ4v) is 4.51. The molecule has 1 aliphatic rings. The van der Waals surface area contributed by atoms with Crippen LogP contribution >= 0.6 is 0 Å². The number of fused-ring (bicyclic) bond motifs is 1. The molecule has 0 radical (unpaired) electrons. The summed E-state index contributed by atoms with van der Waals surface area (Å²) in [5.74, 6) is 1.36. The second-order valence-corrected chi connectivity index (χ2v) is 8.59. The number of aromatic hydroxyl groups is 1. The van der Waals surface area contributed by atoms with Gasteiger partial charge in [0, 0.05) is 37.1 Å². The number of anilines is 1. The highest BCUT2D eigenvalue weighted by molar-refractivity contribution is 5.92. The highest BCUT2D eigenvalue weighted by Gasteiger charge is 2.38. The number of rotatable bonds is 5. The highest BCUT2D eigenvalue weighted by atomic mass is 16.3. The number of hydrogen-bond acceptors (Lipinski definition) is 7. The third-order valence-electron chi connectivity index (χ3n) is 6.40. The summed E-state index contributed by atoms with van der Waals surface area (Å²) in [5.41, 5.74) is 1.36. The summed E-state index contributed by atoms with van der Waals surface area (Å²) >= 11 is 0. The van der Waals surface area contributed by atoms with Gasteiger partial charge in [0.1, 0.15) is 11.6 Å². The van der Waals surface area contributed by atoms with Crippen LogP contribution in [-0.2, 0) is 10.5 Å². The Labute approximate surface area is 197 Å². The van der Waals surface area contributed by atoms with E-state index in [0.29, 0.717) is 49.4 Å². The number of hydrogen-bond donors (Lipinski definition) is 2. The SMILES string of the molecule is Cc1ccc2c(N3CCN([C@@](O)(C=O)c4ccccc4)CC3)nc(-c3ccccc3O)nc2c1. The van der Waals surface area contributed by atoms with E-state index in [0.717, 1.165) is 22.3 Å². The number of aryl methyl sites for hydroxylation is 1. The smallest absolute Gasteiger partial charge is 0.202 e. The fourth-order valence-electron chi connectivity index (χ4n) is 4.51. The lowest BCUT2D eigenvalue weighted by atomic mass is 10.0. The molecule has 0 aliphatic carbocycles. The molecule has 172 valence electrons. The van der Waals surface area contributed by atoms with Crippen LogP contribution in [-0.4, -0.2) is 57.5 Å². The number of aromatic nitrogens is 2. The molecule has 0 bridgehead atoms. The van der Waals surface area contributed by atoms with Gasteiger partial charge in [0.05, 0.1) is 11.1 Å². The molecule has 1 fully saturated rings. The second-order valence-electron chi connectivity index (χ2n) is 8.59. The van der Waals surface area contributed by atoms with Crippen LogP contribution in [0.15, 0.2) is 72.8 Å². The molecule has 7 heteroatoms. The molecular formula is C27H26N4O3. The van der Waals surface area contributed by atoms with Crippen LogP contribution in [0.4, 0.5) is 5.82 Å². The Morgan fingerprint density at radius 2 is 1.62 bits per heavy atom. The lowest BCUT2D eigenvalue weighted by Crippen LogP contribution is -2.56. The summed E-state index contributed by atoms with van der Waals surface area (Å²) in [4.78, 5) is 25.5. The Hall–Kier alpha value is -3.81. The Kier molecular flexibility index (Phi) is 5.73. The summed E-state index contributed by atoms with van der Waals surface area (Å²) in [6, 6.07) is 22.1. The summed E-state index contributed by atoms with van der Waals surface area (Å²) in [5, 5.41) is 22.5. The molecule has 4 aromatic rings. The van der Waals surface area contributed by atoms with Gasteiger partial charge in [-0.2, -0.15) is 0 Å². The van der Waals surface area contributed by atoms with Crippen LogP contribution in [0, 0.1) is 6.92 Å². The molecule has 0 unspecified atom stereocenters. The zero-order chi connectivity index (χ0) is 23.7. The van der Waals surface area contributed by atoms with Crippen LogP contribution in [0.25, 0.3) is 22.3 Å². The van der Waals surface area contributed by atoms with E-state index in [1.165, 1.54) is 0 Å². The average Bonchev–Trinajstić information content (AvgIpc) is 2.88. The Morgan fingerprint density at radius 1 is 0.912 bits per heavy atom. The van der Waals surface area contributed by atoms with Gasteiger partial charge in [-0.25, -0.2) is 9.97 Å². The summed E-state index contributed by atoms with van der Waals surface area (Å²) in [6.45, 7) is 4.12. The Balaban J connectivity index is 1.49. The van der Waals surface area contributed by atoms with Crippen molar-refractivity contribution in [3.05, 3.63) is 83.9 Å². The van der Waals surface area contributed by atoms with Crippen molar-refractivity contribution >= 4 is 23.0 Å². The van der Waals surface area contributed by atoms with E-state index in [2.05, 4.69) is 4.90 Å². The number of aliphatic hydroxyl groups is 1. The van der Waals surface area contributed by atoms with Gasteiger partial charge in [-0.1, -0.05) is 48.5 Å². The topological polar surface area (TPSA) is 89.8 Å². The molecule has 5 rings (SSSR count). The number of phenols is 1. The van der Waals surface area contributed by atoms with Crippen molar-refractivity contribution in [1.29, 1.82) is 0 Å². The van der Waals surface area contributed by atoms with Gasteiger partial charge >= 0.3 is 0 Å².